The van der Waals surface area contributed by atoms with E-state index >= 15 is 0 Å². The van der Waals surface area contributed by atoms with Crippen LogP contribution in [0.3, 0.4) is 0 Å². The molecule has 4 rings (SSSR count). The molecule has 7 nitrogen and oxygen atoms in total. The van der Waals surface area contributed by atoms with Crippen LogP contribution in [0.5, 0.6) is 11.5 Å². The van der Waals surface area contributed by atoms with Gasteiger partial charge in [-0.25, -0.2) is 4.79 Å². The van der Waals surface area contributed by atoms with Gasteiger partial charge in [0.1, 0.15) is 11.5 Å². The first-order valence-electron chi connectivity index (χ1n) is 9.92. The predicted octanol–water partition coefficient (Wildman–Crippen LogP) is 5.14. The van der Waals surface area contributed by atoms with Gasteiger partial charge in [-0.3, -0.25) is 4.40 Å². The first-order valence-corrected chi connectivity index (χ1v) is 11.3. The summed E-state index contributed by atoms with van der Waals surface area (Å²) in [5, 5.41) is 14.4. The number of thioether (sulfide) groups is 1. The smallest absolute Gasteiger partial charge is 0.319 e. The number of carbonyl (C=O) groups excluding carboxylic acids is 1. The number of nitrogens with zero attached hydrogens (tertiary/aromatic N) is 3. The lowest BCUT2D eigenvalue weighted by molar-refractivity contribution is 0.247. The Balaban J connectivity index is 1.41. The van der Waals surface area contributed by atoms with Gasteiger partial charge in [-0.05, 0) is 67.0 Å². The van der Waals surface area contributed by atoms with E-state index in [-0.39, 0.29) is 12.1 Å². The fourth-order valence-electron chi connectivity index (χ4n) is 3.16. The van der Waals surface area contributed by atoms with E-state index in [2.05, 4.69) is 20.8 Å². The number of fused-ring (bicyclic) bond motifs is 1. The van der Waals surface area contributed by atoms with Crippen LogP contribution >= 0.6 is 11.8 Å². The van der Waals surface area contributed by atoms with Crippen LogP contribution < -0.4 is 15.4 Å². The van der Waals surface area contributed by atoms with Gasteiger partial charge in [0.15, 0.2) is 11.5 Å². The van der Waals surface area contributed by atoms with Crippen molar-refractivity contribution in [3.05, 3.63) is 84.8 Å². The molecule has 2 aromatic carbocycles. The maximum Gasteiger partial charge on any atom is 0.319 e. The van der Waals surface area contributed by atoms with Crippen molar-refractivity contribution in [2.75, 3.05) is 17.3 Å². The van der Waals surface area contributed by atoms with Crippen molar-refractivity contribution < 1.29 is 9.53 Å². The molecular weight excluding hydrogens is 410 g/mol. The maximum absolute atomic E-state index is 12.7. The number of anilines is 1. The summed E-state index contributed by atoms with van der Waals surface area (Å²) in [6.07, 6.45) is 4.69. The number of hydrogen-bond donors (Lipinski definition) is 2. The molecule has 0 saturated heterocycles. The Morgan fingerprint density at radius 1 is 1.00 bits per heavy atom. The Bertz CT molecular complexity index is 1130. The SMILES string of the molecule is CSCC[C@H](NC(=O)Nc1ccc(Oc2ccccc2)cc1)c1nnc2ccccn12. The van der Waals surface area contributed by atoms with Crippen LogP contribution in [-0.4, -0.2) is 32.6 Å². The van der Waals surface area contributed by atoms with Gasteiger partial charge in [-0.15, -0.1) is 10.2 Å². The monoisotopic (exact) mass is 433 g/mol. The normalized spacial score (nSPS) is 11.8. The molecule has 0 aliphatic heterocycles. The van der Waals surface area contributed by atoms with E-state index in [1.54, 1.807) is 23.9 Å². The molecule has 158 valence electrons. The summed E-state index contributed by atoms with van der Waals surface area (Å²) < 4.78 is 7.69. The summed E-state index contributed by atoms with van der Waals surface area (Å²) in [6.45, 7) is 0. The average Bonchev–Trinajstić information content (AvgIpc) is 3.23. The number of ether oxygens (including phenoxy) is 1. The van der Waals surface area contributed by atoms with Crippen LogP contribution in [0.4, 0.5) is 10.5 Å². The molecule has 0 spiro atoms. The molecule has 0 unspecified atom stereocenters. The predicted molar refractivity (Wildman–Crippen MR) is 124 cm³/mol. The van der Waals surface area contributed by atoms with Crippen LogP contribution in [0.25, 0.3) is 5.65 Å². The van der Waals surface area contributed by atoms with Gasteiger partial charge in [0.2, 0.25) is 0 Å². The second-order valence-corrected chi connectivity index (χ2v) is 7.84. The number of rotatable bonds is 8. The number of hydrogen-bond acceptors (Lipinski definition) is 5. The minimum atomic E-state index is -0.296. The van der Waals surface area contributed by atoms with Gasteiger partial charge in [0.05, 0.1) is 6.04 Å². The zero-order valence-corrected chi connectivity index (χ0v) is 17.9. The zero-order valence-electron chi connectivity index (χ0n) is 17.1. The fraction of sp³-hybridized carbons (Fsp3) is 0.174. The highest BCUT2D eigenvalue weighted by atomic mass is 32.2. The van der Waals surface area contributed by atoms with Gasteiger partial charge < -0.3 is 15.4 Å². The van der Waals surface area contributed by atoms with Gasteiger partial charge >= 0.3 is 6.03 Å². The topological polar surface area (TPSA) is 80.5 Å². The van der Waals surface area contributed by atoms with E-state index in [0.717, 1.165) is 23.6 Å². The number of amides is 2. The molecule has 31 heavy (non-hydrogen) atoms. The van der Waals surface area contributed by atoms with E-state index < -0.39 is 0 Å². The van der Waals surface area contributed by atoms with Gasteiger partial charge in [0.25, 0.3) is 0 Å². The molecule has 4 aromatic rings. The number of pyridine rings is 1. The minimum Gasteiger partial charge on any atom is -0.457 e. The zero-order chi connectivity index (χ0) is 21.5. The Morgan fingerprint density at radius 2 is 1.74 bits per heavy atom. The molecule has 2 N–H and O–H groups in total. The van der Waals surface area contributed by atoms with Crippen LogP contribution in [0, 0.1) is 0 Å². The standard InChI is InChI=1S/C23H23N5O2S/c1-31-16-14-20(22-27-26-21-9-5-6-15-28(21)22)25-23(29)24-17-10-12-19(13-11-17)30-18-7-3-2-4-8-18/h2-13,15,20H,14,16H2,1H3,(H2,24,25,29)/t20-/m0/s1. The highest BCUT2D eigenvalue weighted by Crippen LogP contribution is 2.23. The van der Waals surface area contributed by atoms with E-state index in [4.69, 9.17) is 4.74 Å². The third-order valence-electron chi connectivity index (χ3n) is 4.66. The third-order valence-corrected chi connectivity index (χ3v) is 5.30. The lowest BCUT2D eigenvalue weighted by Crippen LogP contribution is -2.34. The molecule has 2 aromatic heterocycles. The summed E-state index contributed by atoms with van der Waals surface area (Å²) in [4.78, 5) is 12.7. The number of aromatic nitrogens is 3. The summed E-state index contributed by atoms with van der Waals surface area (Å²) in [6, 6.07) is 22.0. The van der Waals surface area contributed by atoms with E-state index in [1.165, 1.54) is 0 Å². The number of nitrogens with one attached hydrogen (secondary N) is 2. The molecule has 0 bridgehead atoms. The Kier molecular flexibility index (Phi) is 6.68. The van der Waals surface area contributed by atoms with Crippen molar-refractivity contribution in [3.63, 3.8) is 0 Å². The Labute approximate surface area is 184 Å². The van der Waals surface area contributed by atoms with E-state index in [0.29, 0.717) is 17.3 Å². The van der Waals surface area contributed by atoms with Crippen molar-refractivity contribution in [1.82, 2.24) is 19.9 Å². The van der Waals surface area contributed by atoms with Crippen LogP contribution in [0.2, 0.25) is 0 Å². The highest BCUT2D eigenvalue weighted by Gasteiger charge is 2.20. The van der Waals surface area contributed by atoms with Gasteiger partial charge in [0, 0.05) is 11.9 Å². The average molecular weight is 434 g/mol. The Morgan fingerprint density at radius 3 is 2.52 bits per heavy atom. The first kappa shape index (κ1) is 20.7. The summed E-state index contributed by atoms with van der Waals surface area (Å²) in [5.74, 6) is 3.06. The largest absolute Gasteiger partial charge is 0.457 e. The van der Waals surface area contributed by atoms with Crippen LogP contribution in [0.15, 0.2) is 79.0 Å². The fourth-order valence-corrected chi connectivity index (χ4v) is 3.63. The van der Waals surface area contributed by atoms with E-state index in [1.807, 2.05) is 77.5 Å². The highest BCUT2D eigenvalue weighted by molar-refractivity contribution is 7.98. The second kappa shape index (κ2) is 9.99. The molecule has 0 aliphatic rings. The molecule has 0 aliphatic carbocycles. The number of para-hydroxylation sites is 1. The first-order chi connectivity index (χ1) is 15.2. The van der Waals surface area contributed by atoms with Crippen molar-refractivity contribution in [2.24, 2.45) is 0 Å². The number of carbonyl (C=O) groups is 1. The van der Waals surface area contributed by atoms with E-state index in [9.17, 15) is 4.79 Å². The second-order valence-electron chi connectivity index (χ2n) is 6.86. The van der Waals surface area contributed by atoms with Crippen LogP contribution in [0.1, 0.15) is 18.3 Å². The molecule has 1 atom stereocenters. The molecule has 0 fully saturated rings. The lowest BCUT2D eigenvalue weighted by Gasteiger charge is -2.17. The van der Waals surface area contributed by atoms with Crippen molar-refractivity contribution in [3.8, 4) is 11.5 Å². The number of urea groups is 1. The minimum absolute atomic E-state index is 0.259. The van der Waals surface area contributed by atoms with Crippen LogP contribution in [-0.2, 0) is 0 Å². The lowest BCUT2D eigenvalue weighted by atomic mass is 10.2. The van der Waals surface area contributed by atoms with Crippen molar-refractivity contribution in [2.45, 2.75) is 12.5 Å². The molecule has 2 heterocycles. The molecule has 0 radical (unpaired) electrons. The molecular formula is C23H23N5O2S. The summed E-state index contributed by atoms with van der Waals surface area (Å²) in [7, 11) is 0. The van der Waals surface area contributed by atoms with Gasteiger partial charge in [-0.1, -0.05) is 24.3 Å². The van der Waals surface area contributed by atoms with Crippen molar-refractivity contribution >= 4 is 29.1 Å². The quantitative estimate of drug-likeness (QED) is 0.402. The summed E-state index contributed by atoms with van der Waals surface area (Å²) in [5.41, 5.74) is 1.43. The number of benzene rings is 2. The third kappa shape index (κ3) is 5.35. The van der Waals surface area contributed by atoms with Gasteiger partial charge in [-0.2, -0.15) is 11.8 Å². The Hall–Kier alpha value is -3.52. The molecule has 0 saturated carbocycles. The maximum atomic E-state index is 12.7. The molecule has 2 amide bonds. The summed E-state index contributed by atoms with van der Waals surface area (Å²) >= 11 is 1.72. The van der Waals surface area contributed by atoms with Crippen molar-refractivity contribution in [1.29, 1.82) is 0 Å². The molecule has 8 heteroatoms.